The van der Waals surface area contributed by atoms with Gasteiger partial charge in [0.05, 0.1) is 12.8 Å². The highest BCUT2D eigenvalue weighted by molar-refractivity contribution is 5.62. The number of carbonyl (C=O) groups is 2. The van der Waals surface area contributed by atoms with Gasteiger partial charge in [-0.2, -0.15) is 35.1 Å². The van der Waals surface area contributed by atoms with Gasteiger partial charge in [-0.3, -0.25) is 0 Å². The zero-order valence-corrected chi connectivity index (χ0v) is 12.5. The molecular weight excluding hydrogens is 392 g/mol. The van der Waals surface area contributed by atoms with Crippen LogP contribution in [0, 0.1) is 0 Å². The number of rotatable bonds is 7. The molecule has 0 N–H and O–H groups in total. The Balaban J connectivity index is 2.17. The lowest BCUT2D eigenvalue weighted by Gasteiger charge is -2.37. The van der Waals surface area contributed by atoms with Gasteiger partial charge in [0.1, 0.15) is 25.4 Å². The summed E-state index contributed by atoms with van der Waals surface area (Å²) in [5, 5.41) is 0. The highest BCUT2D eigenvalue weighted by Gasteiger charge is 2.80. The molecule has 2 aliphatic heterocycles. The molecule has 2 unspecified atom stereocenters. The van der Waals surface area contributed by atoms with Crippen molar-refractivity contribution in [3.8, 4) is 0 Å². The summed E-state index contributed by atoms with van der Waals surface area (Å²) in [5.41, 5.74) is 0. The predicted molar refractivity (Wildman–Crippen MR) is 61.5 cm³/mol. The molecule has 0 saturated carbocycles. The predicted octanol–water partition coefficient (Wildman–Crippen LogP) is 3.38. The fraction of sp³-hybridized carbons (Fsp3) is 0.833. The minimum atomic E-state index is -6.53. The number of hydrogen-bond acceptors (Lipinski definition) is 6. The van der Waals surface area contributed by atoms with Crippen LogP contribution in [-0.4, -0.2) is 61.4 Å². The third-order valence-corrected chi connectivity index (χ3v) is 3.58. The molecule has 2 heterocycles. The maximum atomic E-state index is 13.7. The summed E-state index contributed by atoms with van der Waals surface area (Å²) in [6, 6.07) is 0. The summed E-state index contributed by atoms with van der Waals surface area (Å²) < 4.78 is 125. The van der Waals surface area contributed by atoms with Crippen molar-refractivity contribution in [2.75, 3.05) is 13.2 Å². The molecule has 0 aromatic carbocycles. The van der Waals surface area contributed by atoms with Crippen LogP contribution in [0.1, 0.15) is 12.8 Å². The van der Waals surface area contributed by atoms with Crippen LogP contribution in [0.5, 0.6) is 0 Å². The first kappa shape index (κ1) is 20.3. The van der Waals surface area contributed by atoms with Crippen LogP contribution in [0.25, 0.3) is 0 Å². The average molecular weight is 402 g/mol. The van der Waals surface area contributed by atoms with Crippen LogP contribution >= 0.6 is 0 Å². The Morgan fingerprint density at radius 2 is 1.00 bits per heavy atom. The van der Waals surface area contributed by atoms with E-state index in [0.717, 1.165) is 0 Å². The molecule has 0 spiro atoms. The number of carbonyl (C=O) groups excluding carboxylic acids is 2. The van der Waals surface area contributed by atoms with E-state index in [9.17, 15) is 44.7 Å². The van der Waals surface area contributed by atoms with E-state index in [-0.39, 0.29) is 0 Å². The second kappa shape index (κ2) is 6.30. The normalized spacial score (nSPS) is 24.8. The fourth-order valence-electron chi connectivity index (χ4n) is 2.22. The third kappa shape index (κ3) is 3.45. The molecule has 0 amide bonds. The molecule has 0 aromatic rings. The number of halogens is 8. The fourth-order valence-corrected chi connectivity index (χ4v) is 2.22. The second-order valence-electron chi connectivity index (χ2n) is 5.57. The molecule has 2 rings (SSSR count). The van der Waals surface area contributed by atoms with Crippen molar-refractivity contribution in [3.63, 3.8) is 0 Å². The van der Waals surface area contributed by atoms with Gasteiger partial charge in [-0.1, -0.05) is 0 Å². The molecule has 0 bridgehead atoms. The summed E-state index contributed by atoms with van der Waals surface area (Å²) in [4.78, 5) is 21.1. The van der Waals surface area contributed by atoms with E-state index in [2.05, 4.69) is 18.9 Å². The van der Waals surface area contributed by atoms with Crippen molar-refractivity contribution in [2.24, 2.45) is 0 Å². The molecule has 2 atom stereocenters. The monoisotopic (exact) mass is 402 g/mol. The van der Waals surface area contributed by atoms with E-state index < -0.39 is 74.3 Å². The minimum absolute atomic E-state index is 0.929. The van der Waals surface area contributed by atoms with E-state index in [1.165, 1.54) is 0 Å². The SMILES string of the molecule is O=C1OCC(CC(F)(F)C(F)(F)C(F)(F)C(F)(F)CC2COC(=O)O2)O1. The Labute approximate surface area is 139 Å². The molecule has 150 valence electrons. The van der Waals surface area contributed by atoms with Crippen LogP contribution in [0.4, 0.5) is 44.7 Å². The molecule has 0 radical (unpaired) electrons. The van der Waals surface area contributed by atoms with Gasteiger partial charge in [0.2, 0.25) is 0 Å². The molecule has 26 heavy (non-hydrogen) atoms. The Morgan fingerprint density at radius 3 is 1.23 bits per heavy atom. The standard InChI is InChI=1S/C12H10F8O6/c13-9(14,1-5-3-23-7(21)25-5)11(17,18)12(19,20)10(15,16)2-6-4-24-8(22)26-6/h5-6H,1-4H2. The highest BCUT2D eigenvalue weighted by Crippen LogP contribution is 2.55. The number of hydrogen-bond donors (Lipinski definition) is 0. The van der Waals surface area contributed by atoms with Gasteiger partial charge in [0.25, 0.3) is 0 Å². The minimum Gasteiger partial charge on any atom is -0.430 e. The number of alkyl halides is 8. The maximum absolute atomic E-state index is 13.7. The van der Waals surface area contributed by atoms with Gasteiger partial charge in [-0.15, -0.1) is 0 Å². The van der Waals surface area contributed by atoms with E-state index in [1.807, 2.05) is 0 Å². The van der Waals surface area contributed by atoms with Crippen molar-refractivity contribution >= 4 is 12.3 Å². The Bertz CT molecular complexity index is 530. The molecule has 2 aliphatic rings. The zero-order valence-electron chi connectivity index (χ0n) is 12.5. The summed E-state index contributed by atoms with van der Waals surface area (Å²) in [6.07, 6.45) is -11.4. The van der Waals surface area contributed by atoms with E-state index in [4.69, 9.17) is 0 Å². The average Bonchev–Trinajstić information content (AvgIpc) is 3.06. The first-order valence-corrected chi connectivity index (χ1v) is 6.88. The Kier molecular flexibility index (Phi) is 4.92. The maximum Gasteiger partial charge on any atom is 0.508 e. The van der Waals surface area contributed by atoms with Gasteiger partial charge < -0.3 is 18.9 Å². The van der Waals surface area contributed by atoms with Crippen LogP contribution in [0.3, 0.4) is 0 Å². The largest absolute Gasteiger partial charge is 0.508 e. The molecule has 0 aromatic heterocycles. The molecule has 6 nitrogen and oxygen atoms in total. The molecule has 2 saturated heterocycles. The summed E-state index contributed by atoms with van der Waals surface area (Å²) in [6.45, 7) is -1.86. The highest BCUT2D eigenvalue weighted by atomic mass is 19.4. The van der Waals surface area contributed by atoms with E-state index in [0.29, 0.717) is 0 Å². The second-order valence-corrected chi connectivity index (χ2v) is 5.57. The van der Waals surface area contributed by atoms with Crippen molar-refractivity contribution < 1.29 is 63.7 Å². The zero-order chi connectivity index (χ0) is 20.0. The molecular formula is C12H10F8O6. The van der Waals surface area contributed by atoms with Gasteiger partial charge in [0.15, 0.2) is 0 Å². The lowest BCUT2D eigenvalue weighted by atomic mass is 9.92. The summed E-state index contributed by atoms with van der Waals surface area (Å²) >= 11 is 0. The lowest BCUT2D eigenvalue weighted by molar-refractivity contribution is -0.371. The quantitative estimate of drug-likeness (QED) is 0.481. The molecule has 2 fully saturated rings. The Morgan fingerprint density at radius 1 is 0.692 bits per heavy atom. The number of cyclic esters (lactones) is 4. The van der Waals surface area contributed by atoms with Gasteiger partial charge in [-0.05, 0) is 0 Å². The van der Waals surface area contributed by atoms with E-state index >= 15 is 0 Å². The smallest absolute Gasteiger partial charge is 0.430 e. The van der Waals surface area contributed by atoms with Crippen molar-refractivity contribution in [2.45, 2.75) is 48.7 Å². The van der Waals surface area contributed by atoms with Crippen molar-refractivity contribution in [3.05, 3.63) is 0 Å². The van der Waals surface area contributed by atoms with Crippen molar-refractivity contribution in [1.29, 1.82) is 0 Å². The van der Waals surface area contributed by atoms with Crippen molar-refractivity contribution in [1.82, 2.24) is 0 Å². The summed E-state index contributed by atoms with van der Waals surface area (Å²) in [5.74, 6) is -24.4. The molecule has 14 heteroatoms. The van der Waals surface area contributed by atoms with E-state index in [1.54, 1.807) is 0 Å². The number of ether oxygens (including phenoxy) is 4. The van der Waals surface area contributed by atoms with Gasteiger partial charge in [-0.25, -0.2) is 9.59 Å². The lowest BCUT2D eigenvalue weighted by Crippen LogP contribution is -2.63. The van der Waals surface area contributed by atoms with Gasteiger partial charge >= 0.3 is 36.0 Å². The summed E-state index contributed by atoms with van der Waals surface area (Å²) in [7, 11) is 0. The van der Waals surface area contributed by atoms with Crippen LogP contribution < -0.4 is 0 Å². The van der Waals surface area contributed by atoms with Gasteiger partial charge in [0, 0.05) is 0 Å². The first-order valence-electron chi connectivity index (χ1n) is 6.88. The topological polar surface area (TPSA) is 71.1 Å². The molecule has 0 aliphatic carbocycles. The van der Waals surface area contributed by atoms with Crippen LogP contribution in [0.2, 0.25) is 0 Å². The van der Waals surface area contributed by atoms with Crippen LogP contribution in [-0.2, 0) is 18.9 Å². The Hall–Kier alpha value is -2.02. The van der Waals surface area contributed by atoms with Crippen LogP contribution in [0.15, 0.2) is 0 Å². The third-order valence-electron chi connectivity index (χ3n) is 3.58. The first-order chi connectivity index (χ1) is 11.7.